The highest BCUT2D eigenvalue weighted by Crippen LogP contribution is 2.37. The van der Waals surface area contributed by atoms with Crippen LogP contribution in [0.3, 0.4) is 0 Å². The SMILES string of the molecule is Cc1ncc(CC(=O)N(C)C2CCC(F)(CCN3CCc4ccc(OCC(F)F)nc4CC3)CC2)s1. The predicted molar refractivity (Wildman–Crippen MR) is 134 cm³/mol. The maximum absolute atomic E-state index is 15.7. The highest BCUT2D eigenvalue weighted by Gasteiger charge is 2.37. The maximum Gasteiger partial charge on any atom is 0.272 e. The van der Waals surface area contributed by atoms with Crippen molar-refractivity contribution in [2.45, 2.75) is 76.4 Å². The minimum Gasteiger partial charge on any atom is -0.472 e. The Balaban J connectivity index is 1.22. The van der Waals surface area contributed by atoms with Gasteiger partial charge >= 0.3 is 0 Å². The highest BCUT2D eigenvalue weighted by molar-refractivity contribution is 7.11. The molecule has 4 rings (SSSR count). The third-order valence-corrected chi connectivity index (χ3v) is 8.34. The van der Waals surface area contributed by atoms with Gasteiger partial charge in [0.2, 0.25) is 11.8 Å². The minimum atomic E-state index is -2.53. The van der Waals surface area contributed by atoms with Gasteiger partial charge in [-0.05, 0) is 51.0 Å². The number of rotatable bonds is 9. The van der Waals surface area contributed by atoms with Crippen molar-refractivity contribution in [1.29, 1.82) is 0 Å². The molecule has 0 N–H and O–H groups in total. The standard InChI is InChI=1S/C26H35F3N4O2S/c1-18-30-16-21(36-18)15-25(34)32(2)20-5-9-26(29,10-6-20)11-14-33-12-7-19-3-4-24(35-17-23(27)28)31-22(19)8-13-33/h3-4,16,20,23H,5-15,17H2,1-2H3. The van der Waals surface area contributed by atoms with E-state index in [1.165, 1.54) is 0 Å². The van der Waals surface area contributed by atoms with Crippen molar-refractivity contribution >= 4 is 17.2 Å². The Morgan fingerprint density at radius 1 is 1.28 bits per heavy atom. The molecule has 10 heteroatoms. The number of nitrogens with zero attached hydrogens (tertiary/aromatic N) is 4. The van der Waals surface area contributed by atoms with E-state index in [4.69, 9.17) is 4.74 Å². The summed E-state index contributed by atoms with van der Waals surface area (Å²) in [7, 11) is 1.83. The van der Waals surface area contributed by atoms with Gasteiger partial charge in [0.25, 0.3) is 6.43 Å². The molecule has 2 aromatic heterocycles. The van der Waals surface area contributed by atoms with E-state index in [-0.39, 0.29) is 17.8 Å². The van der Waals surface area contributed by atoms with Crippen molar-refractivity contribution < 1.29 is 22.7 Å². The zero-order valence-electron chi connectivity index (χ0n) is 21.0. The Morgan fingerprint density at radius 3 is 2.72 bits per heavy atom. The monoisotopic (exact) mass is 524 g/mol. The molecule has 0 spiro atoms. The number of carbonyl (C=O) groups is 1. The van der Waals surface area contributed by atoms with E-state index in [1.54, 1.807) is 28.5 Å². The fourth-order valence-corrected chi connectivity index (χ4v) is 5.93. The lowest BCUT2D eigenvalue weighted by atomic mass is 9.81. The first-order valence-electron chi connectivity index (χ1n) is 12.7. The fraction of sp³-hybridized carbons (Fsp3) is 0.654. The van der Waals surface area contributed by atoms with Gasteiger partial charge in [0.05, 0.1) is 11.4 Å². The van der Waals surface area contributed by atoms with Crippen LogP contribution in [0.5, 0.6) is 5.88 Å². The van der Waals surface area contributed by atoms with Gasteiger partial charge in [-0.1, -0.05) is 6.07 Å². The number of aryl methyl sites for hydroxylation is 1. The summed E-state index contributed by atoms with van der Waals surface area (Å²) in [5, 5.41) is 0.952. The topological polar surface area (TPSA) is 58.6 Å². The second kappa shape index (κ2) is 11.9. The van der Waals surface area contributed by atoms with Crippen molar-refractivity contribution in [1.82, 2.24) is 19.8 Å². The number of likely N-dealkylation sites (N-methyl/N-ethyl adjacent to an activating group) is 1. The summed E-state index contributed by atoms with van der Waals surface area (Å²) < 4.78 is 45.5. The molecule has 1 amide bonds. The molecule has 0 bridgehead atoms. The van der Waals surface area contributed by atoms with E-state index in [0.29, 0.717) is 51.5 Å². The lowest BCUT2D eigenvalue weighted by Gasteiger charge is -2.39. The van der Waals surface area contributed by atoms with Crippen LogP contribution < -0.4 is 4.74 Å². The van der Waals surface area contributed by atoms with Crippen LogP contribution in [0, 0.1) is 6.92 Å². The van der Waals surface area contributed by atoms with E-state index in [9.17, 15) is 13.6 Å². The van der Waals surface area contributed by atoms with Crippen molar-refractivity contribution in [3.8, 4) is 5.88 Å². The number of pyridine rings is 1. The number of thiazole rings is 1. The minimum absolute atomic E-state index is 0.0653. The first-order chi connectivity index (χ1) is 17.2. The van der Waals surface area contributed by atoms with Gasteiger partial charge in [0.15, 0.2) is 6.61 Å². The van der Waals surface area contributed by atoms with Crippen molar-refractivity contribution in [2.75, 3.05) is 33.3 Å². The molecule has 1 fully saturated rings. The number of carbonyl (C=O) groups excluding carboxylic acids is 1. The molecular weight excluding hydrogens is 489 g/mol. The van der Waals surface area contributed by atoms with Crippen molar-refractivity contribution in [3.63, 3.8) is 0 Å². The van der Waals surface area contributed by atoms with Gasteiger partial charge in [-0.2, -0.15) is 0 Å². The summed E-state index contributed by atoms with van der Waals surface area (Å²) in [5.74, 6) is 0.295. The van der Waals surface area contributed by atoms with Crippen LogP contribution in [0.25, 0.3) is 0 Å². The number of hydrogen-bond acceptors (Lipinski definition) is 6. The number of aromatic nitrogens is 2. The van der Waals surface area contributed by atoms with Gasteiger partial charge in [-0.3, -0.25) is 4.79 Å². The molecular formula is C26H35F3N4O2S. The van der Waals surface area contributed by atoms with Gasteiger partial charge < -0.3 is 14.5 Å². The Morgan fingerprint density at radius 2 is 2.03 bits per heavy atom. The quantitative estimate of drug-likeness (QED) is 0.479. The van der Waals surface area contributed by atoms with Crippen LogP contribution in [0.1, 0.15) is 53.2 Å². The molecule has 0 aromatic carbocycles. The molecule has 1 aliphatic carbocycles. The molecule has 6 nitrogen and oxygen atoms in total. The second-order valence-corrected chi connectivity index (χ2v) is 11.3. The van der Waals surface area contributed by atoms with E-state index in [2.05, 4.69) is 14.9 Å². The van der Waals surface area contributed by atoms with Crippen LogP contribution in [-0.2, 0) is 24.1 Å². The molecule has 2 aliphatic rings. The molecule has 1 saturated carbocycles. The number of amides is 1. The smallest absolute Gasteiger partial charge is 0.272 e. The van der Waals surface area contributed by atoms with Gasteiger partial charge in [-0.25, -0.2) is 23.1 Å². The summed E-state index contributed by atoms with van der Waals surface area (Å²) in [6.45, 7) is 3.51. The number of ether oxygens (including phenoxy) is 1. The zero-order valence-corrected chi connectivity index (χ0v) is 21.8. The molecule has 0 unspecified atom stereocenters. The van der Waals surface area contributed by atoms with Crippen LogP contribution >= 0.6 is 11.3 Å². The Bertz CT molecular complexity index is 1030. The van der Waals surface area contributed by atoms with E-state index in [1.807, 2.05) is 20.0 Å². The summed E-state index contributed by atoms with van der Waals surface area (Å²) in [6, 6.07) is 3.63. The molecule has 0 atom stereocenters. The van der Waals surface area contributed by atoms with Crippen LogP contribution in [0.15, 0.2) is 18.3 Å². The van der Waals surface area contributed by atoms with Gasteiger partial charge in [0.1, 0.15) is 5.67 Å². The number of hydrogen-bond donors (Lipinski definition) is 0. The van der Waals surface area contributed by atoms with Gasteiger partial charge in [-0.15, -0.1) is 11.3 Å². The summed E-state index contributed by atoms with van der Waals surface area (Å²) in [6.07, 6.45) is 3.84. The molecule has 1 aliphatic heterocycles. The Hall–Kier alpha value is -2.20. The Labute approximate surface area is 214 Å². The largest absolute Gasteiger partial charge is 0.472 e. The maximum atomic E-state index is 15.7. The third kappa shape index (κ3) is 7.18. The summed E-state index contributed by atoms with van der Waals surface area (Å²) >= 11 is 1.54. The third-order valence-electron chi connectivity index (χ3n) is 7.43. The molecule has 0 radical (unpaired) electrons. The first kappa shape index (κ1) is 26.9. The van der Waals surface area contributed by atoms with Crippen molar-refractivity contribution in [3.05, 3.63) is 39.5 Å². The molecule has 0 saturated heterocycles. The van der Waals surface area contributed by atoms with E-state index < -0.39 is 18.7 Å². The lowest BCUT2D eigenvalue weighted by Crippen LogP contribution is -2.44. The van der Waals surface area contributed by atoms with Crippen molar-refractivity contribution in [2.24, 2.45) is 0 Å². The predicted octanol–water partition coefficient (Wildman–Crippen LogP) is 4.63. The highest BCUT2D eigenvalue weighted by atomic mass is 32.1. The fourth-order valence-electron chi connectivity index (χ4n) is 5.14. The second-order valence-electron chi connectivity index (χ2n) is 9.96. The molecule has 198 valence electrons. The van der Waals surface area contributed by atoms with Crippen LogP contribution in [0.4, 0.5) is 13.2 Å². The van der Waals surface area contributed by atoms with E-state index >= 15 is 4.39 Å². The average molecular weight is 525 g/mol. The average Bonchev–Trinajstić information content (AvgIpc) is 3.15. The number of alkyl halides is 3. The van der Waals surface area contributed by atoms with Gasteiger partial charge in [0, 0.05) is 62.0 Å². The summed E-state index contributed by atoms with van der Waals surface area (Å²) in [4.78, 5) is 26.3. The zero-order chi connectivity index (χ0) is 25.7. The van der Waals surface area contributed by atoms with Crippen LogP contribution in [0.2, 0.25) is 0 Å². The Kier molecular flexibility index (Phi) is 8.87. The summed E-state index contributed by atoms with van der Waals surface area (Å²) in [5.41, 5.74) is 0.766. The number of halogens is 3. The lowest BCUT2D eigenvalue weighted by molar-refractivity contribution is -0.132. The van der Waals surface area contributed by atoms with Crippen LogP contribution in [-0.4, -0.2) is 77.1 Å². The molecule has 36 heavy (non-hydrogen) atoms. The van der Waals surface area contributed by atoms with E-state index in [0.717, 1.165) is 40.7 Å². The molecule has 3 heterocycles. The molecule has 2 aromatic rings. The normalized spacial score (nSPS) is 22.8. The number of fused-ring (bicyclic) bond motifs is 1. The first-order valence-corrected chi connectivity index (χ1v) is 13.5.